The highest BCUT2D eigenvalue weighted by molar-refractivity contribution is 5.92. The summed E-state index contributed by atoms with van der Waals surface area (Å²) >= 11 is 0. The summed E-state index contributed by atoms with van der Waals surface area (Å²) in [4.78, 5) is 6.00. The van der Waals surface area contributed by atoms with Gasteiger partial charge in [-0.1, -0.05) is 25.1 Å². The molecule has 0 atom stereocenters. The van der Waals surface area contributed by atoms with Gasteiger partial charge in [-0.25, -0.2) is 4.99 Å². The lowest BCUT2D eigenvalue weighted by molar-refractivity contribution is -0.138. The number of rotatable bonds is 5. The van der Waals surface area contributed by atoms with Gasteiger partial charge in [0.2, 0.25) is 0 Å². The van der Waals surface area contributed by atoms with E-state index in [9.17, 15) is 13.2 Å². The minimum atomic E-state index is -4.47. The molecule has 1 saturated heterocycles. The quantitative estimate of drug-likeness (QED) is 0.581. The van der Waals surface area contributed by atoms with Gasteiger partial charge < -0.3 is 20.7 Å². The number of nitrogens with zero attached hydrogens (tertiary/aromatic N) is 2. The van der Waals surface area contributed by atoms with Crippen LogP contribution in [-0.4, -0.2) is 32.3 Å². The second-order valence-corrected chi connectivity index (χ2v) is 6.82. The fourth-order valence-corrected chi connectivity index (χ4v) is 3.21. The van der Waals surface area contributed by atoms with E-state index in [-0.39, 0.29) is 18.1 Å². The van der Waals surface area contributed by atoms with E-state index < -0.39 is 11.7 Å². The molecule has 1 heterocycles. The van der Waals surface area contributed by atoms with E-state index in [0.29, 0.717) is 32.0 Å². The first-order valence-corrected chi connectivity index (χ1v) is 9.55. The maximum Gasteiger partial charge on any atom is 0.416 e. The van der Waals surface area contributed by atoms with Crippen LogP contribution in [0.2, 0.25) is 0 Å². The molecule has 0 amide bonds. The summed E-state index contributed by atoms with van der Waals surface area (Å²) in [6.45, 7) is 4.04. The third kappa shape index (κ3) is 5.63. The molecule has 8 heteroatoms. The van der Waals surface area contributed by atoms with Gasteiger partial charge in [-0.3, -0.25) is 0 Å². The Hall–Kier alpha value is -2.74. The number of morpholine rings is 1. The van der Waals surface area contributed by atoms with Crippen molar-refractivity contribution in [3.8, 4) is 0 Å². The van der Waals surface area contributed by atoms with Crippen LogP contribution in [0.1, 0.15) is 23.6 Å². The average molecular weight is 406 g/mol. The van der Waals surface area contributed by atoms with Crippen molar-refractivity contribution in [2.24, 2.45) is 10.7 Å². The maximum atomic E-state index is 13.6. The van der Waals surface area contributed by atoms with Crippen molar-refractivity contribution in [1.29, 1.82) is 0 Å². The van der Waals surface area contributed by atoms with Crippen LogP contribution in [0.4, 0.5) is 24.5 Å². The highest BCUT2D eigenvalue weighted by atomic mass is 19.4. The molecule has 0 aliphatic carbocycles. The number of aryl methyl sites for hydroxylation is 1. The fourth-order valence-electron chi connectivity index (χ4n) is 3.21. The largest absolute Gasteiger partial charge is 0.416 e. The Bertz CT molecular complexity index is 861. The normalized spacial score (nSPS) is 15.4. The van der Waals surface area contributed by atoms with Gasteiger partial charge in [0.25, 0.3) is 0 Å². The van der Waals surface area contributed by atoms with Gasteiger partial charge in [0.15, 0.2) is 5.96 Å². The SMILES string of the molecule is CCc1cccc(NC(N)=NCc2ccc(N3CCOCC3)cc2C(F)(F)F)c1. The summed E-state index contributed by atoms with van der Waals surface area (Å²) in [5.41, 5.74) is 7.70. The lowest BCUT2D eigenvalue weighted by Crippen LogP contribution is -2.36. The number of alkyl halides is 3. The Kier molecular flexibility index (Phi) is 6.64. The molecule has 156 valence electrons. The first-order valence-electron chi connectivity index (χ1n) is 9.55. The molecule has 3 rings (SSSR count). The van der Waals surface area contributed by atoms with E-state index in [0.717, 1.165) is 17.7 Å². The summed E-state index contributed by atoms with van der Waals surface area (Å²) in [7, 11) is 0. The molecule has 1 fully saturated rings. The van der Waals surface area contributed by atoms with E-state index in [1.807, 2.05) is 36.1 Å². The Balaban J connectivity index is 1.77. The molecule has 1 aliphatic heterocycles. The smallest absolute Gasteiger partial charge is 0.378 e. The number of anilines is 2. The summed E-state index contributed by atoms with van der Waals surface area (Å²) in [6.07, 6.45) is -3.60. The van der Waals surface area contributed by atoms with Crippen LogP contribution in [0.15, 0.2) is 47.5 Å². The minimum Gasteiger partial charge on any atom is -0.378 e. The Morgan fingerprint density at radius 3 is 2.62 bits per heavy atom. The first kappa shape index (κ1) is 21.0. The van der Waals surface area contributed by atoms with Gasteiger partial charge in [0, 0.05) is 24.5 Å². The molecule has 3 N–H and O–H groups in total. The zero-order chi connectivity index (χ0) is 20.9. The number of hydrogen-bond acceptors (Lipinski definition) is 3. The second kappa shape index (κ2) is 9.17. The lowest BCUT2D eigenvalue weighted by atomic mass is 10.1. The van der Waals surface area contributed by atoms with E-state index in [1.54, 1.807) is 6.07 Å². The van der Waals surface area contributed by atoms with Crippen LogP contribution in [0.25, 0.3) is 0 Å². The number of halogens is 3. The third-order valence-electron chi connectivity index (χ3n) is 4.80. The number of hydrogen-bond donors (Lipinski definition) is 2. The standard InChI is InChI=1S/C21H25F3N4O/c1-2-15-4-3-5-17(12-15)27-20(25)26-14-16-6-7-18(13-19(16)21(22,23)24)28-8-10-29-11-9-28/h3-7,12-13H,2,8-11,14H2,1H3,(H3,25,26,27). The molecule has 0 unspecified atom stereocenters. The Morgan fingerprint density at radius 1 is 1.17 bits per heavy atom. The molecule has 5 nitrogen and oxygen atoms in total. The maximum absolute atomic E-state index is 13.6. The fraction of sp³-hybridized carbons (Fsp3) is 0.381. The van der Waals surface area contributed by atoms with Crippen LogP contribution in [0.5, 0.6) is 0 Å². The molecule has 0 saturated carbocycles. The van der Waals surface area contributed by atoms with Crippen molar-refractivity contribution in [3.63, 3.8) is 0 Å². The van der Waals surface area contributed by atoms with Gasteiger partial charge in [-0.05, 0) is 41.8 Å². The van der Waals surface area contributed by atoms with E-state index in [2.05, 4.69) is 10.3 Å². The summed E-state index contributed by atoms with van der Waals surface area (Å²) < 4.78 is 46.1. The minimum absolute atomic E-state index is 0.0728. The average Bonchev–Trinajstić information content (AvgIpc) is 2.72. The number of nitrogens with two attached hydrogens (primary N) is 1. The Morgan fingerprint density at radius 2 is 1.93 bits per heavy atom. The van der Waals surface area contributed by atoms with E-state index in [4.69, 9.17) is 10.5 Å². The summed E-state index contributed by atoms with van der Waals surface area (Å²) in [5, 5.41) is 2.93. The zero-order valence-corrected chi connectivity index (χ0v) is 16.3. The van der Waals surface area contributed by atoms with Gasteiger partial charge in [0.1, 0.15) is 0 Å². The van der Waals surface area contributed by atoms with Crippen LogP contribution in [0.3, 0.4) is 0 Å². The Labute approximate surface area is 168 Å². The molecule has 29 heavy (non-hydrogen) atoms. The van der Waals surface area contributed by atoms with Gasteiger partial charge in [-0.2, -0.15) is 13.2 Å². The molecule has 2 aromatic carbocycles. The molecule has 0 bridgehead atoms. The summed E-state index contributed by atoms with van der Waals surface area (Å²) in [6, 6.07) is 12.0. The van der Waals surface area contributed by atoms with Crippen molar-refractivity contribution >= 4 is 17.3 Å². The van der Waals surface area contributed by atoms with Crippen LogP contribution < -0.4 is 16.0 Å². The van der Waals surface area contributed by atoms with Crippen molar-refractivity contribution in [1.82, 2.24) is 0 Å². The predicted molar refractivity (Wildman–Crippen MR) is 109 cm³/mol. The van der Waals surface area contributed by atoms with E-state index >= 15 is 0 Å². The number of nitrogens with one attached hydrogen (secondary N) is 1. The van der Waals surface area contributed by atoms with Gasteiger partial charge >= 0.3 is 6.18 Å². The predicted octanol–water partition coefficient (Wildman–Crippen LogP) is 4.03. The topological polar surface area (TPSA) is 62.9 Å². The third-order valence-corrected chi connectivity index (χ3v) is 4.80. The first-order chi connectivity index (χ1) is 13.9. The highest BCUT2D eigenvalue weighted by Gasteiger charge is 2.34. The van der Waals surface area contributed by atoms with Crippen LogP contribution in [-0.2, 0) is 23.9 Å². The second-order valence-electron chi connectivity index (χ2n) is 6.82. The highest BCUT2D eigenvalue weighted by Crippen LogP contribution is 2.35. The monoisotopic (exact) mass is 406 g/mol. The van der Waals surface area contributed by atoms with Crippen LogP contribution >= 0.6 is 0 Å². The molecule has 0 radical (unpaired) electrons. The van der Waals surface area contributed by atoms with E-state index in [1.165, 1.54) is 12.1 Å². The number of ether oxygens (including phenoxy) is 1. The number of benzene rings is 2. The molecular weight excluding hydrogens is 381 g/mol. The lowest BCUT2D eigenvalue weighted by Gasteiger charge is -2.29. The van der Waals surface area contributed by atoms with Gasteiger partial charge in [-0.15, -0.1) is 0 Å². The van der Waals surface area contributed by atoms with Crippen LogP contribution in [0, 0.1) is 0 Å². The van der Waals surface area contributed by atoms with Gasteiger partial charge in [0.05, 0.1) is 25.3 Å². The van der Waals surface area contributed by atoms with Crippen molar-refractivity contribution in [2.75, 3.05) is 36.5 Å². The zero-order valence-electron chi connectivity index (χ0n) is 16.3. The molecule has 1 aliphatic rings. The number of guanidine groups is 1. The summed E-state index contributed by atoms with van der Waals surface area (Å²) in [5.74, 6) is 0.0728. The van der Waals surface area contributed by atoms with Crippen molar-refractivity contribution < 1.29 is 17.9 Å². The van der Waals surface area contributed by atoms with Crippen molar-refractivity contribution in [3.05, 3.63) is 59.2 Å². The number of aliphatic imine (C=N–C) groups is 1. The molecule has 0 spiro atoms. The molecule has 0 aromatic heterocycles. The molecule has 2 aromatic rings. The molecular formula is C21H25F3N4O. The van der Waals surface area contributed by atoms with Crippen molar-refractivity contribution in [2.45, 2.75) is 26.1 Å².